The van der Waals surface area contributed by atoms with Crippen molar-refractivity contribution in [1.82, 2.24) is 5.32 Å². The van der Waals surface area contributed by atoms with Gasteiger partial charge in [0.1, 0.15) is 23.2 Å². The largest absolute Gasteiger partial charge is 0.457 e. The fourth-order valence-corrected chi connectivity index (χ4v) is 2.38. The van der Waals surface area contributed by atoms with Gasteiger partial charge in [-0.3, -0.25) is 14.9 Å². The molecule has 0 aliphatic heterocycles. The molecule has 1 amide bonds. The number of carbonyl (C=O) groups excluding carboxylic acids is 1. The van der Waals surface area contributed by atoms with Gasteiger partial charge in [0.2, 0.25) is 0 Å². The number of hydrogen-bond donors (Lipinski definition) is 1. The number of likely N-dealkylation sites (N-methyl/N-ethyl adjacent to an activating group) is 1. The lowest BCUT2D eigenvalue weighted by molar-refractivity contribution is -0.384. The van der Waals surface area contributed by atoms with Crippen LogP contribution >= 0.6 is 15.9 Å². The third kappa shape index (κ3) is 3.64. The van der Waals surface area contributed by atoms with Gasteiger partial charge in [-0.05, 0) is 34.1 Å². The maximum absolute atomic E-state index is 11.5. The van der Waals surface area contributed by atoms with E-state index in [4.69, 9.17) is 9.68 Å². The third-order valence-corrected chi connectivity index (χ3v) is 3.59. The number of nitro groups is 1. The average molecular weight is 376 g/mol. The van der Waals surface area contributed by atoms with Crippen molar-refractivity contribution < 1.29 is 14.1 Å². The normalized spacial score (nSPS) is 10.9. The molecule has 1 aromatic carbocycles. The highest BCUT2D eigenvalue weighted by Crippen LogP contribution is 2.32. The first kappa shape index (κ1) is 16.5. The molecule has 1 heterocycles. The Hall–Kier alpha value is -2.92. The SMILES string of the molecule is CNC(=O)C(C#N)=Cc1ccc(-c2ccc([N+](=O)[O-])cc2Br)o1. The zero-order valence-corrected chi connectivity index (χ0v) is 13.5. The summed E-state index contributed by atoms with van der Waals surface area (Å²) < 4.78 is 6.07. The Morgan fingerprint density at radius 3 is 2.74 bits per heavy atom. The summed E-state index contributed by atoms with van der Waals surface area (Å²) in [6, 6.07) is 9.33. The van der Waals surface area contributed by atoms with Crippen LogP contribution in [0.4, 0.5) is 5.69 Å². The fraction of sp³-hybridized carbons (Fsp3) is 0.0667. The minimum absolute atomic E-state index is 0.0429. The molecular weight excluding hydrogens is 366 g/mol. The van der Waals surface area contributed by atoms with Crippen LogP contribution in [0.1, 0.15) is 5.76 Å². The monoisotopic (exact) mass is 375 g/mol. The first-order valence-corrected chi connectivity index (χ1v) is 7.13. The van der Waals surface area contributed by atoms with Crippen LogP contribution < -0.4 is 5.32 Å². The first-order chi connectivity index (χ1) is 11.0. The van der Waals surface area contributed by atoms with E-state index in [1.54, 1.807) is 24.3 Å². The van der Waals surface area contributed by atoms with E-state index in [0.717, 1.165) is 0 Å². The zero-order valence-electron chi connectivity index (χ0n) is 11.9. The lowest BCUT2D eigenvalue weighted by Gasteiger charge is -2.01. The Morgan fingerprint density at radius 2 is 2.17 bits per heavy atom. The molecule has 0 radical (unpaired) electrons. The summed E-state index contributed by atoms with van der Waals surface area (Å²) in [4.78, 5) is 21.7. The van der Waals surface area contributed by atoms with Crippen LogP contribution in [0.2, 0.25) is 0 Å². The summed E-state index contributed by atoms with van der Waals surface area (Å²) in [6.07, 6.45) is 1.32. The number of hydrogen-bond acceptors (Lipinski definition) is 5. The van der Waals surface area contributed by atoms with Crippen molar-refractivity contribution in [2.45, 2.75) is 0 Å². The molecule has 0 spiro atoms. The topological polar surface area (TPSA) is 109 Å². The summed E-state index contributed by atoms with van der Waals surface area (Å²) in [7, 11) is 1.43. The number of halogens is 1. The minimum Gasteiger partial charge on any atom is -0.457 e. The van der Waals surface area contributed by atoms with Gasteiger partial charge in [-0.2, -0.15) is 5.26 Å². The number of rotatable bonds is 4. The minimum atomic E-state index is -0.512. The van der Waals surface area contributed by atoms with E-state index in [1.807, 2.05) is 0 Å². The van der Waals surface area contributed by atoms with Crippen LogP contribution in [-0.2, 0) is 4.79 Å². The summed E-state index contributed by atoms with van der Waals surface area (Å²) in [6.45, 7) is 0. The predicted molar refractivity (Wildman–Crippen MR) is 86.2 cm³/mol. The highest BCUT2D eigenvalue weighted by molar-refractivity contribution is 9.10. The highest BCUT2D eigenvalue weighted by atomic mass is 79.9. The molecule has 0 saturated carbocycles. The number of furan rings is 1. The molecule has 0 aliphatic rings. The number of nitrogens with zero attached hydrogens (tertiary/aromatic N) is 2. The van der Waals surface area contributed by atoms with Gasteiger partial charge in [0.15, 0.2) is 0 Å². The van der Waals surface area contributed by atoms with Gasteiger partial charge < -0.3 is 9.73 Å². The second-order valence-corrected chi connectivity index (χ2v) is 5.23. The lowest BCUT2D eigenvalue weighted by Crippen LogP contribution is -2.18. The van der Waals surface area contributed by atoms with Gasteiger partial charge in [0.25, 0.3) is 11.6 Å². The van der Waals surface area contributed by atoms with E-state index < -0.39 is 10.8 Å². The van der Waals surface area contributed by atoms with Crippen molar-refractivity contribution >= 4 is 33.6 Å². The third-order valence-electron chi connectivity index (χ3n) is 2.93. The molecular formula is C15H10BrN3O4. The number of benzene rings is 1. The molecule has 116 valence electrons. The number of carbonyl (C=O) groups is 1. The standard InChI is InChI=1S/C15H10BrN3O4/c1-18-15(20)9(8-17)6-11-3-5-14(23-11)12-4-2-10(19(21)22)7-13(12)16/h2-7H,1H3,(H,18,20). The van der Waals surface area contributed by atoms with Gasteiger partial charge in [0, 0.05) is 35.3 Å². The van der Waals surface area contributed by atoms with E-state index in [9.17, 15) is 14.9 Å². The summed E-state index contributed by atoms with van der Waals surface area (Å²) in [5, 5.41) is 22.0. The summed E-state index contributed by atoms with van der Waals surface area (Å²) in [5.74, 6) is 0.264. The van der Waals surface area contributed by atoms with E-state index in [-0.39, 0.29) is 11.3 Å². The molecule has 1 N–H and O–H groups in total. The van der Waals surface area contributed by atoms with Crippen molar-refractivity contribution in [2.24, 2.45) is 0 Å². The first-order valence-electron chi connectivity index (χ1n) is 6.34. The Labute approximate surface area is 139 Å². The van der Waals surface area contributed by atoms with Gasteiger partial charge in [-0.25, -0.2) is 0 Å². The van der Waals surface area contributed by atoms with E-state index in [2.05, 4.69) is 21.2 Å². The molecule has 0 saturated heterocycles. The summed E-state index contributed by atoms with van der Waals surface area (Å²) in [5.41, 5.74) is 0.489. The maximum atomic E-state index is 11.5. The van der Waals surface area contributed by atoms with Gasteiger partial charge in [0.05, 0.1) is 4.92 Å². The summed E-state index contributed by atoms with van der Waals surface area (Å²) >= 11 is 3.26. The number of non-ortho nitro benzene ring substituents is 1. The van der Waals surface area contributed by atoms with Crippen molar-refractivity contribution in [3.8, 4) is 17.4 Å². The van der Waals surface area contributed by atoms with Crippen LogP contribution in [0.15, 0.2) is 44.8 Å². The molecule has 2 rings (SSSR count). The maximum Gasteiger partial charge on any atom is 0.270 e. The smallest absolute Gasteiger partial charge is 0.270 e. The van der Waals surface area contributed by atoms with E-state index in [1.165, 1.54) is 25.3 Å². The van der Waals surface area contributed by atoms with Crippen molar-refractivity contribution in [3.05, 3.63) is 56.3 Å². The molecule has 1 aromatic heterocycles. The molecule has 8 heteroatoms. The Kier molecular flexibility index (Phi) is 4.93. The molecule has 0 aliphatic carbocycles. The number of nitrogens with one attached hydrogen (secondary N) is 1. The van der Waals surface area contributed by atoms with Crippen molar-refractivity contribution in [1.29, 1.82) is 5.26 Å². The Bertz CT molecular complexity index is 849. The Balaban J connectivity index is 2.37. The molecule has 0 unspecified atom stereocenters. The highest BCUT2D eigenvalue weighted by Gasteiger charge is 2.14. The number of amides is 1. The zero-order chi connectivity index (χ0) is 17.0. The number of nitro benzene ring substituents is 1. The van der Waals surface area contributed by atoms with Gasteiger partial charge >= 0.3 is 0 Å². The van der Waals surface area contributed by atoms with E-state index >= 15 is 0 Å². The average Bonchev–Trinajstić information content (AvgIpc) is 2.99. The molecule has 0 fully saturated rings. The van der Waals surface area contributed by atoms with Gasteiger partial charge in [-0.1, -0.05) is 0 Å². The Morgan fingerprint density at radius 1 is 1.43 bits per heavy atom. The quantitative estimate of drug-likeness (QED) is 0.381. The van der Waals surface area contributed by atoms with Gasteiger partial charge in [-0.15, -0.1) is 0 Å². The van der Waals surface area contributed by atoms with Crippen LogP contribution in [0.5, 0.6) is 0 Å². The molecule has 0 atom stereocenters. The second kappa shape index (κ2) is 6.89. The molecule has 23 heavy (non-hydrogen) atoms. The predicted octanol–water partition coefficient (Wildman–Crippen LogP) is 3.27. The van der Waals surface area contributed by atoms with Crippen LogP contribution in [0.3, 0.4) is 0 Å². The van der Waals surface area contributed by atoms with Crippen LogP contribution in [0, 0.1) is 21.4 Å². The van der Waals surface area contributed by atoms with E-state index in [0.29, 0.717) is 21.6 Å². The molecule has 7 nitrogen and oxygen atoms in total. The lowest BCUT2D eigenvalue weighted by atomic mass is 10.1. The van der Waals surface area contributed by atoms with Crippen LogP contribution in [-0.4, -0.2) is 17.9 Å². The molecule has 2 aromatic rings. The number of nitriles is 1. The van der Waals surface area contributed by atoms with Crippen molar-refractivity contribution in [2.75, 3.05) is 7.05 Å². The second-order valence-electron chi connectivity index (χ2n) is 4.37. The van der Waals surface area contributed by atoms with Crippen molar-refractivity contribution in [3.63, 3.8) is 0 Å². The fourth-order valence-electron chi connectivity index (χ4n) is 1.82. The van der Waals surface area contributed by atoms with Crippen LogP contribution in [0.25, 0.3) is 17.4 Å². The molecule has 0 bridgehead atoms.